The fourth-order valence-corrected chi connectivity index (χ4v) is 3.28. The van der Waals surface area contributed by atoms with E-state index in [-0.39, 0.29) is 23.6 Å². The van der Waals surface area contributed by atoms with E-state index in [1.54, 1.807) is 0 Å². The molecule has 0 spiro atoms. The zero-order valence-electron chi connectivity index (χ0n) is 11.7. The molecular formula is C12H20N6OS. The molecule has 1 aromatic heterocycles. The van der Waals surface area contributed by atoms with Gasteiger partial charge in [0, 0.05) is 12.1 Å². The van der Waals surface area contributed by atoms with Gasteiger partial charge in [0.05, 0.1) is 5.75 Å². The van der Waals surface area contributed by atoms with Gasteiger partial charge in [-0.1, -0.05) is 11.8 Å². The molecule has 0 bridgehead atoms. The highest BCUT2D eigenvalue weighted by molar-refractivity contribution is 7.99. The molecule has 1 amide bonds. The number of nitrogens with two attached hydrogens (primary N) is 2. The molecule has 7 nitrogen and oxygen atoms in total. The van der Waals surface area contributed by atoms with Crippen LogP contribution in [-0.4, -0.2) is 43.6 Å². The summed E-state index contributed by atoms with van der Waals surface area (Å²) in [6, 6.07) is 0.584. The van der Waals surface area contributed by atoms with Crippen LogP contribution >= 0.6 is 11.8 Å². The highest BCUT2D eigenvalue weighted by Crippen LogP contribution is 2.24. The molecule has 0 saturated carbocycles. The zero-order chi connectivity index (χ0) is 14.7. The molecule has 8 heteroatoms. The number of likely N-dealkylation sites (tertiary alicyclic amines) is 1. The summed E-state index contributed by atoms with van der Waals surface area (Å²) in [5, 5.41) is 0.390. The Balaban J connectivity index is 1.97. The lowest BCUT2D eigenvalue weighted by atomic mass is 9.98. The van der Waals surface area contributed by atoms with E-state index in [1.165, 1.54) is 18.2 Å². The second-order valence-electron chi connectivity index (χ2n) is 5.05. The van der Waals surface area contributed by atoms with Crippen molar-refractivity contribution in [3.8, 4) is 0 Å². The van der Waals surface area contributed by atoms with E-state index in [0.29, 0.717) is 17.2 Å². The average molecular weight is 296 g/mol. The van der Waals surface area contributed by atoms with Crippen LogP contribution in [0.4, 0.5) is 11.9 Å². The molecule has 0 unspecified atom stereocenters. The summed E-state index contributed by atoms with van der Waals surface area (Å²) >= 11 is 1.24. The molecule has 1 aliphatic heterocycles. The van der Waals surface area contributed by atoms with Crippen molar-refractivity contribution in [3.63, 3.8) is 0 Å². The van der Waals surface area contributed by atoms with Crippen LogP contribution in [0.2, 0.25) is 0 Å². The Hall–Kier alpha value is -1.57. The smallest absolute Gasteiger partial charge is 0.233 e. The molecule has 1 aromatic rings. The number of nitrogen functional groups attached to an aromatic ring is 2. The normalized spacial score (nSPS) is 22.8. The van der Waals surface area contributed by atoms with Crippen molar-refractivity contribution >= 4 is 29.6 Å². The molecule has 1 fully saturated rings. The first-order valence-corrected chi connectivity index (χ1v) is 7.67. The SMILES string of the molecule is C[C@@H]1CCC[C@@H](C)N1C(=O)CSc1nc(N)nc(N)n1. The molecule has 1 saturated heterocycles. The monoisotopic (exact) mass is 296 g/mol. The van der Waals surface area contributed by atoms with E-state index in [9.17, 15) is 4.79 Å². The molecule has 20 heavy (non-hydrogen) atoms. The quantitative estimate of drug-likeness (QED) is 0.798. The Bertz CT molecular complexity index is 467. The molecule has 4 N–H and O–H groups in total. The predicted octanol–water partition coefficient (Wildman–Crippen LogP) is 0.918. The van der Waals surface area contributed by atoms with Gasteiger partial charge in [0.1, 0.15) is 0 Å². The van der Waals surface area contributed by atoms with Crippen LogP contribution < -0.4 is 11.5 Å². The second-order valence-corrected chi connectivity index (χ2v) is 6.00. The molecule has 2 heterocycles. The van der Waals surface area contributed by atoms with Crippen LogP contribution in [-0.2, 0) is 4.79 Å². The number of thioether (sulfide) groups is 1. The van der Waals surface area contributed by atoms with Crippen molar-refractivity contribution in [1.82, 2.24) is 19.9 Å². The molecule has 110 valence electrons. The Morgan fingerprint density at radius 2 is 1.75 bits per heavy atom. The summed E-state index contributed by atoms with van der Waals surface area (Å²) in [5.41, 5.74) is 11.0. The van der Waals surface area contributed by atoms with Crippen LogP contribution in [0.25, 0.3) is 0 Å². The van der Waals surface area contributed by atoms with Gasteiger partial charge >= 0.3 is 0 Å². The number of amides is 1. The molecule has 0 radical (unpaired) electrons. The Morgan fingerprint density at radius 3 is 2.30 bits per heavy atom. The van der Waals surface area contributed by atoms with Crippen molar-refractivity contribution in [2.75, 3.05) is 17.2 Å². The maximum absolute atomic E-state index is 12.3. The van der Waals surface area contributed by atoms with Crippen molar-refractivity contribution < 1.29 is 4.79 Å². The first kappa shape index (κ1) is 14.8. The molecule has 2 rings (SSSR count). The summed E-state index contributed by atoms with van der Waals surface area (Å²) < 4.78 is 0. The minimum Gasteiger partial charge on any atom is -0.368 e. The first-order valence-electron chi connectivity index (χ1n) is 6.68. The summed E-state index contributed by atoms with van der Waals surface area (Å²) in [6.07, 6.45) is 3.30. The lowest BCUT2D eigenvalue weighted by Crippen LogP contribution is -2.48. The Kier molecular flexibility index (Phi) is 4.64. The summed E-state index contributed by atoms with van der Waals surface area (Å²) in [4.78, 5) is 25.9. The first-order chi connectivity index (χ1) is 9.47. The number of hydrogen-bond donors (Lipinski definition) is 2. The minimum absolute atomic E-state index is 0.0761. The van der Waals surface area contributed by atoms with E-state index in [4.69, 9.17) is 11.5 Å². The number of piperidine rings is 1. The molecular weight excluding hydrogens is 276 g/mol. The van der Waals surface area contributed by atoms with Crippen LogP contribution in [0.3, 0.4) is 0 Å². The number of aromatic nitrogens is 3. The fraction of sp³-hybridized carbons (Fsp3) is 0.667. The lowest BCUT2D eigenvalue weighted by Gasteiger charge is -2.39. The van der Waals surface area contributed by atoms with E-state index in [2.05, 4.69) is 28.8 Å². The van der Waals surface area contributed by atoms with Gasteiger partial charge in [-0.05, 0) is 33.1 Å². The van der Waals surface area contributed by atoms with Crippen molar-refractivity contribution in [3.05, 3.63) is 0 Å². The van der Waals surface area contributed by atoms with E-state index in [0.717, 1.165) is 12.8 Å². The van der Waals surface area contributed by atoms with Gasteiger partial charge in [0.25, 0.3) is 0 Å². The van der Waals surface area contributed by atoms with Gasteiger partial charge in [0.2, 0.25) is 17.8 Å². The van der Waals surface area contributed by atoms with E-state index < -0.39 is 0 Å². The van der Waals surface area contributed by atoms with Crippen LogP contribution in [0.15, 0.2) is 5.16 Å². The molecule has 0 aromatic carbocycles. The summed E-state index contributed by atoms with van der Waals surface area (Å²) in [6.45, 7) is 4.19. The second kappa shape index (κ2) is 6.25. The standard InChI is InChI=1S/C12H20N6OS/c1-7-4-3-5-8(2)18(7)9(19)6-20-12-16-10(13)15-11(14)17-12/h7-8H,3-6H2,1-2H3,(H4,13,14,15,16,17)/t7-,8-/m1/s1. The van der Waals surface area contributed by atoms with Crippen LogP contribution in [0, 0.1) is 0 Å². The minimum atomic E-state index is 0.0761. The zero-order valence-corrected chi connectivity index (χ0v) is 12.6. The Labute approximate surface area is 122 Å². The van der Waals surface area contributed by atoms with Crippen LogP contribution in [0.5, 0.6) is 0 Å². The number of carbonyl (C=O) groups is 1. The van der Waals surface area contributed by atoms with Gasteiger partial charge in [0.15, 0.2) is 5.16 Å². The number of carbonyl (C=O) groups excluding carboxylic acids is 1. The summed E-state index contributed by atoms with van der Waals surface area (Å²) in [7, 11) is 0. The van der Waals surface area contributed by atoms with Gasteiger partial charge in [-0.15, -0.1) is 0 Å². The van der Waals surface area contributed by atoms with Gasteiger partial charge in [-0.25, -0.2) is 0 Å². The third-order valence-corrected chi connectivity index (χ3v) is 4.29. The predicted molar refractivity (Wildman–Crippen MR) is 79.0 cm³/mol. The fourth-order valence-electron chi connectivity index (χ4n) is 2.57. The van der Waals surface area contributed by atoms with Crippen molar-refractivity contribution in [1.29, 1.82) is 0 Å². The Morgan fingerprint density at radius 1 is 1.20 bits per heavy atom. The van der Waals surface area contributed by atoms with Crippen molar-refractivity contribution in [2.24, 2.45) is 0 Å². The largest absolute Gasteiger partial charge is 0.368 e. The molecule has 2 atom stereocenters. The van der Waals surface area contributed by atoms with E-state index >= 15 is 0 Å². The maximum atomic E-state index is 12.3. The highest BCUT2D eigenvalue weighted by Gasteiger charge is 2.28. The van der Waals surface area contributed by atoms with Gasteiger partial charge in [-0.2, -0.15) is 15.0 Å². The summed E-state index contributed by atoms with van der Waals surface area (Å²) in [5.74, 6) is 0.545. The number of nitrogens with zero attached hydrogens (tertiary/aromatic N) is 4. The average Bonchev–Trinajstić information content (AvgIpc) is 2.35. The molecule has 0 aliphatic carbocycles. The third kappa shape index (κ3) is 3.50. The number of rotatable bonds is 3. The maximum Gasteiger partial charge on any atom is 0.233 e. The number of anilines is 2. The third-order valence-electron chi connectivity index (χ3n) is 3.46. The van der Waals surface area contributed by atoms with Crippen LogP contribution in [0.1, 0.15) is 33.1 Å². The van der Waals surface area contributed by atoms with E-state index in [1.807, 2.05) is 4.90 Å². The van der Waals surface area contributed by atoms with Gasteiger partial charge in [-0.3, -0.25) is 4.79 Å². The number of hydrogen-bond acceptors (Lipinski definition) is 7. The van der Waals surface area contributed by atoms with Gasteiger partial charge < -0.3 is 16.4 Å². The van der Waals surface area contributed by atoms with Crippen molar-refractivity contribution in [2.45, 2.75) is 50.4 Å². The molecule has 1 aliphatic rings. The lowest BCUT2D eigenvalue weighted by molar-refractivity contribution is -0.134. The topological polar surface area (TPSA) is 111 Å². The highest BCUT2D eigenvalue weighted by atomic mass is 32.2.